The molecule has 2 nitrogen and oxygen atoms in total. The van der Waals surface area contributed by atoms with E-state index >= 15 is 0 Å². The molecule has 1 heterocycles. The summed E-state index contributed by atoms with van der Waals surface area (Å²) in [6, 6.07) is 0. The van der Waals surface area contributed by atoms with E-state index in [-0.39, 0.29) is 0 Å². The summed E-state index contributed by atoms with van der Waals surface area (Å²) in [5.74, 6) is 0.710. The maximum absolute atomic E-state index is 5.65. The summed E-state index contributed by atoms with van der Waals surface area (Å²) in [6.45, 7) is 2.09. The monoisotopic (exact) mass is 214 g/mol. The van der Waals surface area contributed by atoms with Crippen molar-refractivity contribution in [2.75, 3.05) is 5.73 Å². The van der Waals surface area contributed by atoms with E-state index in [0.29, 0.717) is 5.82 Å². The van der Waals surface area contributed by atoms with Crippen LogP contribution in [0.5, 0.6) is 0 Å². The van der Waals surface area contributed by atoms with Crippen molar-refractivity contribution >= 4 is 27.8 Å². The summed E-state index contributed by atoms with van der Waals surface area (Å²) in [7, 11) is 0. The van der Waals surface area contributed by atoms with Crippen molar-refractivity contribution in [3.63, 3.8) is 0 Å². The van der Waals surface area contributed by atoms with E-state index in [4.69, 9.17) is 5.73 Å². The predicted molar refractivity (Wildman–Crippen MR) is 52.2 cm³/mol. The normalized spacial score (nSPS) is 11.1. The lowest BCUT2D eigenvalue weighted by atomic mass is 10.2. The molecule has 0 aliphatic carbocycles. The van der Waals surface area contributed by atoms with Gasteiger partial charge < -0.3 is 10.7 Å². The van der Waals surface area contributed by atoms with Crippen LogP contribution < -0.4 is 5.73 Å². The molecule has 0 saturated carbocycles. The maximum atomic E-state index is 5.65. The molecule has 60 valence electrons. The van der Waals surface area contributed by atoms with Gasteiger partial charge in [-0.3, -0.25) is 0 Å². The molecule has 0 radical (unpaired) electrons. The molecule has 1 aromatic rings. The minimum atomic E-state index is 0.710. The van der Waals surface area contributed by atoms with E-state index in [1.54, 1.807) is 0 Å². The van der Waals surface area contributed by atoms with E-state index in [9.17, 15) is 0 Å². The lowest BCUT2D eigenvalue weighted by Gasteiger charge is -1.90. The molecule has 0 amide bonds. The van der Waals surface area contributed by atoms with Crippen LogP contribution in [0.15, 0.2) is 16.7 Å². The van der Waals surface area contributed by atoms with Crippen LogP contribution in [0.3, 0.4) is 0 Å². The van der Waals surface area contributed by atoms with Crippen LogP contribution in [0.4, 0.5) is 5.82 Å². The summed E-state index contributed by atoms with van der Waals surface area (Å²) in [4.78, 5) is 2.93. The second-order valence-corrected chi connectivity index (χ2v) is 3.13. The van der Waals surface area contributed by atoms with Crippen LogP contribution in [-0.2, 0) is 0 Å². The van der Waals surface area contributed by atoms with Gasteiger partial charge >= 0.3 is 0 Å². The quantitative estimate of drug-likeness (QED) is 0.782. The van der Waals surface area contributed by atoms with Gasteiger partial charge in [0.05, 0.1) is 0 Å². The van der Waals surface area contributed by atoms with Crippen LogP contribution in [0.25, 0.3) is 6.08 Å². The Bertz CT molecular complexity index is 244. The third-order valence-electron chi connectivity index (χ3n) is 1.42. The van der Waals surface area contributed by atoms with Crippen LogP contribution in [0.1, 0.15) is 18.9 Å². The number of nitrogens with two attached hydrogens (primary N) is 1. The Morgan fingerprint density at radius 1 is 1.73 bits per heavy atom. The second kappa shape index (κ2) is 3.62. The molecule has 0 spiro atoms. The molecule has 0 fully saturated rings. The Morgan fingerprint density at radius 2 is 2.45 bits per heavy atom. The highest BCUT2D eigenvalue weighted by Gasteiger charge is 2.00. The van der Waals surface area contributed by atoms with E-state index in [0.717, 1.165) is 16.5 Å². The zero-order valence-corrected chi connectivity index (χ0v) is 7.98. The van der Waals surface area contributed by atoms with Crippen molar-refractivity contribution in [3.8, 4) is 0 Å². The number of aromatic nitrogens is 1. The standard InChI is InChI=1S/C8H11BrN2/c1-2-3-4-6-7(9)5-11-8(6)10/h3-5,11H,2,10H2,1H3/b4-3-. The lowest BCUT2D eigenvalue weighted by Crippen LogP contribution is -1.85. The molecule has 0 aromatic carbocycles. The number of anilines is 1. The molecule has 1 rings (SSSR count). The molecule has 0 saturated heterocycles. The van der Waals surface area contributed by atoms with Gasteiger partial charge in [0.25, 0.3) is 0 Å². The fraction of sp³-hybridized carbons (Fsp3) is 0.250. The van der Waals surface area contributed by atoms with Gasteiger partial charge in [0, 0.05) is 16.2 Å². The third-order valence-corrected chi connectivity index (χ3v) is 2.08. The fourth-order valence-electron chi connectivity index (χ4n) is 0.830. The number of halogens is 1. The van der Waals surface area contributed by atoms with E-state index in [1.807, 2.05) is 12.3 Å². The topological polar surface area (TPSA) is 41.8 Å². The first-order valence-corrected chi connectivity index (χ1v) is 4.34. The number of hydrogen-bond donors (Lipinski definition) is 2. The van der Waals surface area contributed by atoms with Gasteiger partial charge in [0.15, 0.2) is 0 Å². The molecule has 0 aliphatic heterocycles. The van der Waals surface area contributed by atoms with Gasteiger partial charge in [0.2, 0.25) is 0 Å². The minimum absolute atomic E-state index is 0.710. The summed E-state index contributed by atoms with van der Waals surface area (Å²) in [6.07, 6.45) is 6.95. The Labute approximate surface area is 74.6 Å². The van der Waals surface area contributed by atoms with Gasteiger partial charge in [-0.25, -0.2) is 0 Å². The van der Waals surface area contributed by atoms with Crippen molar-refractivity contribution in [2.45, 2.75) is 13.3 Å². The fourth-order valence-corrected chi connectivity index (χ4v) is 1.29. The number of allylic oxidation sites excluding steroid dienone is 1. The van der Waals surface area contributed by atoms with Crippen LogP contribution >= 0.6 is 15.9 Å². The highest BCUT2D eigenvalue weighted by molar-refractivity contribution is 9.10. The summed E-state index contributed by atoms with van der Waals surface area (Å²) < 4.78 is 1.01. The van der Waals surface area contributed by atoms with Gasteiger partial charge in [-0.05, 0) is 22.4 Å². The molecule has 1 aromatic heterocycles. The van der Waals surface area contributed by atoms with Crippen LogP contribution in [-0.4, -0.2) is 4.98 Å². The van der Waals surface area contributed by atoms with Crippen molar-refractivity contribution in [3.05, 3.63) is 22.3 Å². The average molecular weight is 215 g/mol. The van der Waals surface area contributed by atoms with Gasteiger partial charge in [-0.15, -0.1) is 0 Å². The van der Waals surface area contributed by atoms with E-state index in [1.165, 1.54) is 0 Å². The number of aromatic amines is 1. The number of hydrogen-bond acceptors (Lipinski definition) is 1. The summed E-state index contributed by atoms with van der Waals surface area (Å²) in [5, 5.41) is 0. The number of nitrogens with one attached hydrogen (secondary N) is 1. The molecular formula is C8H11BrN2. The van der Waals surface area contributed by atoms with Crippen LogP contribution in [0.2, 0.25) is 0 Å². The number of H-pyrrole nitrogens is 1. The highest BCUT2D eigenvalue weighted by Crippen LogP contribution is 2.23. The van der Waals surface area contributed by atoms with Gasteiger partial charge in [-0.1, -0.05) is 19.1 Å². The number of nitrogen functional groups attached to an aromatic ring is 1. The molecule has 11 heavy (non-hydrogen) atoms. The number of rotatable bonds is 2. The molecule has 0 aliphatic rings. The van der Waals surface area contributed by atoms with E-state index < -0.39 is 0 Å². The summed E-state index contributed by atoms with van der Waals surface area (Å²) in [5.41, 5.74) is 6.68. The Hall–Kier alpha value is -0.700. The minimum Gasteiger partial charge on any atom is -0.385 e. The average Bonchev–Trinajstić information content (AvgIpc) is 2.29. The van der Waals surface area contributed by atoms with Gasteiger partial charge in [0.1, 0.15) is 5.82 Å². The SMILES string of the molecule is CC/C=C\c1c(Br)c[nH]c1N. The van der Waals surface area contributed by atoms with Crippen LogP contribution in [0, 0.1) is 0 Å². The first-order valence-electron chi connectivity index (χ1n) is 3.54. The molecule has 3 heteroatoms. The molecule has 0 atom stereocenters. The van der Waals surface area contributed by atoms with Crippen molar-refractivity contribution < 1.29 is 0 Å². The smallest absolute Gasteiger partial charge is 0.109 e. The third kappa shape index (κ3) is 1.87. The molecule has 0 unspecified atom stereocenters. The largest absolute Gasteiger partial charge is 0.385 e. The molecule has 0 bridgehead atoms. The van der Waals surface area contributed by atoms with E-state index in [2.05, 4.69) is 33.9 Å². The summed E-state index contributed by atoms with van der Waals surface area (Å²) >= 11 is 3.38. The van der Waals surface area contributed by atoms with Gasteiger partial charge in [-0.2, -0.15) is 0 Å². The van der Waals surface area contributed by atoms with Crippen molar-refractivity contribution in [2.24, 2.45) is 0 Å². The predicted octanol–water partition coefficient (Wildman–Crippen LogP) is 2.78. The lowest BCUT2D eigenvalue weighted by molar-refractivity contribution is 1.23. The van der Waals surface area contributed by atoms with Crippen molar-refractivity contribution in [1.82, 2.24) is 4.98 Å². The Morgan fingerprint density at radius 3 is 2.91 bits per heavy atom. The zero-order chi connectivity index (χ0) is 8.27. The molecule has 3 N–H and O–H groups in total. The zero-order valence-electron chi connectivity index (χ0n) is 6.39. The second-order valence-electron chi connectivity index (χ2n) is 2.27. The Balaban J connectivity index is 2.92. The Kier molecular flexibility index (Phi) is 2.76. The maximum Gasteiger partial charge on any atom is 0.109 e. The molecular weight excluding hydrogens is 204 g/mol. The van der Waals surface area contributed by atoms with Crippen molar-refractivity contribution in [1.29, 1.82) is 0 Å². The first-order chi connectivity index (χ1) is 5.25. The highest BCUT2D eigenvalue weighted by atomic mass is 79.9. The first kappa shape index (κ1) is 8.40.